The summed E-state index contributed by atoms with van der Waals surface area (Å²) in [6.07, 6.45) is 3.43. The maximum Gasteiger partial charge on any atom is 0.262 e. The van der Waals surface area contributed by atoms with E-state index < -0.39 is 17.9 Å². The fourth-order valence-corrected chi connectivity index (χ4v) is 3.43. The zero-order valence-corrected chi connectivity index (χ0v) is 15.3. The van der Waals surface area contributed by atoms with E-state index in [4.69, 9.17) is 5.73 Å². The number of nitrogens with one attached hydrogen (secondary N) is 1. The predicted molar refractivity (Wildman–Crippen MR) is 96.8 cm³/mol. The molecule has 7 heteroatoms. The van der Waals surface area contributed by atoms with E-state index in [1.54, 1.807) is 25.1 Å². The molecule has 1 heterocycles. The molecule has 1 aliphatic heterocycles. The minimum Gasteiger partial charge on any atom is -0.352 e. The van der Waals surface area contributed by atoms with E-state index in [9.17, 15) is 14.4 Å². The van der Waals surface area contributed by atoms with Gasteiger partial charge in [0.25, 0.3) is 11.8 Å². The van der Waals surface area contributed by atoms with Crippen molar-refractivity contribution in [2.45, 2.75) is 57.7 Å². The largest absolute Gasteiger partial charge is 0.352 e. The van der Waals surface area contributed by atoms with Crippen molar-refractivity contribution in [2.24, 2.45) is 5.73 Å². The molecular formula is C18H24ClN3O3. The monoisotopic (exact) mass is 365 g/mol. The Labute approximate surface area is 153 Å². The predicted octanol–water partition coefficient (Wildman–Crippen LogP) is 1.79. The first-order valence-corrected chi connectivity index (χ1v) is 8.43. The number of hydrogen-bond acceptors (Lipinski definition) is 4. The minimum atomic E-state index is -0.826. The first-order chi connectivity index (χ1) is 11.4. The number of carbonyl (C=O) groups excluding carboxylic acids is 3. The van der Waals surface area contributed by atoms with Gasteiger partial charge in [0.2, 0.25) is 5.91 Å². The number of aryl methyl sites for hydroxylation is 1. The summed E-state index contributed by atoms with van der Waals surface area (Å²) in [7, 11) is 0. The van der Waals surface area contributed by atoms with Crippen molar-refractivity contribution in [1.82, 2.24) is 10.2 Å². The molecule has 1 aliphatic carbocycles. The highest BCUT2D eigenvalue weighted by atomic mass is 35.5. The van der Waals surface area contributed by atoms with Gasteiger partial charge in [-0.3, -0.25) is 19.3 Å². The zero-order chi connectivity index (χ0) is 17.4. The number of rotatable bonds is 3. The molecule has 0 radical (unpaired) electrons. The van der Waals surface area contributed by atoms with Crippen LogP contribution in [0.1, 0.15) is 58.9 Å². The molecule has 1 unspecified atom stereocenters. The zero-order valence-electron chi connectivity index (χ0n) is 14.5. The summed E-state index contributed by atoms with van der Waals surface area (Å²) < 4.78 is 0. The molecule has 0 aromatic heterocycles. The topological polar surface area (TPSA) is 92.5 Å². The van der Waals surface area contributed by atoms with Gasteiger partial charge in [-0.15, -0.1) is 12.4 Å². The molecule has 0 saturated heterocycles. The summed E-state index contributed by atoms with van der Waals surface area (Å²) in [5, 5.41) is 2.95. The van der Waals surface area contributed by atoms with Crippen molar-refractivity contribution in [3.8, 4) is 0 Å². The molecule has 1 aromatic rings. The van der Waals surface area contributed by atoms with Crippen LogP contribution in [0.3, 0.4) is 0 Å². The van der Waals surface area contributed by atoms with Crippen molar-refractivity contribution in [3.05, 3.63) is 34.9 Å². The van der Waals surface area contributed by atoms with E-state index in [1.807, 2.05) is 6.92 Å². The van der Waals surface area contributed by atoms with Gasteiger partial charge >= 0.3 is 0 Å². The average Bonchev–Trinajstić information content (AvgIpc) is 2.79. The molecule has 1 aromatic carbocycles. The van der Waals surface area contributed by atoms with Gasteiger partial charge < -0.3 is 11.1 Å². The maximum absolute atomic E-state index is 12.5. The standard InChI is InChI=1S/C18H23N3O3.ClH/c1-10-3-8-14-15(9-10)18(24)21(17(14)23)11(2)16(22)20-13-6-4-12(19)5-7-13;/h3,8-9,11-13H,4-7,19H2,1-2H3,(H,20,22);1H. The molecule has 25 heavy (non-hydrogen) atoms. The molecule has 3 N–H and O–H groups in total. The summed E-state index contributed by atoms with van der Waals surface area (Å²) in [5.41, 5.74) is 7.53. The minimum absolute atomic E-state index is 0. The number of benzene rings is 1. The normalized spacial score (nSPS) is 23.7. The van der Waals surface area contributed by atoms with Crippen LogP contribution in [0.5, 0.6) is 0 Å². The van der Waals surface area contributed by atoms with E-state index in [-0.39, 0.29) is 30.4 Å². The lowest BCUT2D eigenvalue weighted by Crippen LogP contribution is -2.51. The summed E-state index contributed by atoms with van der Waals surface area (Å²) in [6.45, 7) is 3.46. The van der Waals surface area contributed by atoms with E-state index in [1.165, 1.54) is 0 Å². The quantitative estimate of drug-likeness (QED) is 0.798. The Morgan fingerprint density at radius 3 is 2.40 bits per heavy atom. The van der Waals surface area contributed by atoms with E-state index in [0.717, 1.165) is 36.1 Å². The van der Waals surface area contributed by atoms with Crippen molar-refractivity contribution in [2.75, 3.05) is 0 Å². The number of hydrogen-bond donors (Lipinski definition) is 2. The molecule has 136 valence electrons. The van der Waals surface area contributed by atoms with Crippen LogP contribution in [0, 0.1) is 6.92 Å². The molecule has 1 saturated carbocycles. The third-order valence-corrected chi connectivity index (χ3v) is 4.96. The second kappa shape index (κ2) is 7.54. The van der Waals surface area contributed by atoms with E-state index >= 15 is 0 Å². The third kappa shape index (κ3) is 3.70. The first-order valence-electron chi connectivity index (χ1n) is 8.43. The average molecular weight is 366 g/mol. The number of amides is 3. The Balaban J connectivity index is 0.00000225. The Hall–Kier alpha value is -1.92. The first kappa shape index (κ1) is 19.4. The highest BCUT2D eigenvalue weighted by Crippen LogP contribution is 2.26. The third-order valence-electron chi connectivity index (χ3n) is 4.96. The van der Waals surface area contributed by atoms with Crippen LogP contribution in [0.25, 0.3) is 0 Å². The Bertz CT molecular complexity index is 699. The Kier molecular flexibility index (Phi) is 5.85. The summed E-state index contributed by atoms with van der Waals surface area (Å²) in [5.74, 6) is -1.09. The number of nitrogens with two attached hydrogens (primary N) is 1. The van der Waals surface area contributed by atoms with Gasteiger partial charge in [0.1, 0.15) is 6.04 Å². The van der Waals surface area contributed by atoms with Crippen LogP contribution in [-0.4, -0.2) is 40.7 Å². The molecule has 2 aliphatic rings. The molecule has 1 fully saturated rings. The number of nitrogens with zero attached hydrogens (tertiary/aromatic N) is 1. The number of halogens is 1. The fourth-order valence-electron chi connectivity index (χ4n) is 3.43. The second-order valence-corrected chi connectivity index (χ2v) is 6.83. The Morgan fingerprint density at radius 2 is 1.76 bits per heavy atom. The number of imide groups is 1. The lowest BCUT2D eigenvalue weighted by Gasteiger charge is -2.29. The molecule has 1 atom stereocenters. The van der Waals surface area contributed by atoms with Crippen LogP contribution < -0.4 is 11.1 Å². The molecule has 0 spiro atoms. The van der Waals surface area contributed by atoms with Crippen LogP contribution in [-0.2, 0) is 4.79 Å². The van der Waals surface area contributed by atoms with Gasteiger partial charge in [0, 0.05) is 12.1 Å². The van der Waals surface area contributed by atoms with Crippen molar-refractivity contribution in [3.63, 3.8) is 0 Å². The van der Waals surface area contributed by atoms with E-state index in [0.29, 0.717) is 11.1 Å². The number of fused-ring (bicyclic) bond motifs is 1. The number of carbonyl (C=O) groups is 3. The van der Waals surface area contributed by atoms with Crippen LogP contribution in [0.2, 0.25) is 0 Å². The smallest absolute Gasteiger partial charge is 0.262 e. The molecular weight excluding hydrogens is 342 g/mol. The van der Waals surface area contributed by atoms with Gasteiger partial charge in [-0.2, -0.15) is 0 Å². The lowest BCUT2D eigenvalue weighted by molar-refractivity contribution is -0.125. The maximum atomic E-state index is 12.5. The molecule has 0 bridgehead atoms. The highest BCUT2D eigenvalue weighted by Gasteiger charge is 2.41. The summed E-state index contributed by atoms with van der Waals surface area (Å²) in [6, 6.07) is 4.59. The van der Waals surface area contributed by atoms with Crippen molar-refractivity contribution < 1.29 is 14.4 Å². The van der Waals surface area contributed by atoms with Crippen molar-refractivity contribution >= 4 is 30.1 Å². The molecule has 3 amide bonds. The van der Waals surface area contributed by atoms with Crippen LogP contribution in [0.15, 0.2) is 18.2 Å². The highest BCUT2D eigenvalue weighted by molar-refractivity contribution is 6.22. The fraction of sp³-hybridized carbons (Fsp3) is 0.500. The van der Waals surface area contributed by atoms with Gasteiger partial charge in [0.15, 0.2) is 0 Å². The van der Waals surface area contributed by atoms with Crippen LogP contribution in [0.4, 0.5) is 0 Å². The van der Waals surface area contributed by atoms with Crippen LogP contribution >= 0.6 is 12.4 Å². The van der Waals surface area contributed by atoms with Gasteiger partial charge in [-0.25, -0.2) is 0 Å². The van der Waals surface area contributed by atoms with Crippen molar-refractivity contribution in [1.29, 1.82) is 0 Å². The van der Waals surface area contributed by atoms with E-state index in [2.05, 4.69) is 5.32 Å². The second-order valence-electron chi connectivity index (χ2n) is 6.83. The lowest BCUT2D eigenvalue weighted by atomic mass is 9.91. The Morgan fingerprint density at radius 1 is 1.16 bits per heavy atom. The van der Waals surface area contributed by atoms with Gasteiger partial charge in [-0.1, -0.05) is 11.6 Å². The molecule has 3 rings (SSSR count). The SMILES string of the molecule is Cc1ccc2c(c1)C(=O)N(C(C)C(=O)NC1CCC(N)CC1)C2=O.Cl. The van der Waals surface area contributed by atoms with Gasteiger partial charge in [0.05, 0.1) is 11.1 Å². The summed E-state index contributed by atoms with van der Waals surface area (Å²) >= 11 is 0. The molecule has 6 nitrogen and oxygen atoms in total. The summed E-state index contributed by atoms with van der Waals surface area (Å²) in [4.78, 5) is 38.6. The van der Waals surface area contributed by atoms with Gasteiger partial charge in [-0.05, 0) is 51.7 Å².